The van der Waals surface area contributed by atoms with Crippen LogP contribution in [-0.2, 0) is 0 Å². The number of rotatable bonds is 3. The summed E-state index contributed by atoms with van der Waals surface area (Å²) in [6.45, 7) is 0. The predicted octanol–water partition coefficient (Wildman–Crippen LogP) is -1.06. The molecular weight excluding hydrogens is 395 g/mol. The molecule has 0 aliphatic heterocycles. The molecule has 0 radical (unpaired) electrons. The minimum absolute atomic E-state index is 0.296. The van der Waals surface area contributed by atoms with Gasteiger partial charge in [-0.1, -0.05) is 0 Å². The molecular formula is C13H8BrIO2-2. The molecule has 0 amide bonds. The molecule has 2 rings (SSSR count). The van der Waals surface area contributed by atoms with Gasteiger partial charge in [-0.05, 0) is 0 Å². The molecule has 0 fully saturated rings. The maximum absolute atomic E-state index is 11.0. The minimum atomic E-state index is -1.11. The van der Waals surface area contributed by atoms with Crippen molar-refractivity contribution in [3.63, 3.8) is 0 Å². The number of hydrogen-bond donors (Lipinski definition) is 0. The average Bonchev–Trinajstić information content (AvgIpc) is 2.30. The number of benzene rings is 2. The first-order valence-electron chi connectivity index (χ1n) is 4.87. The molecule has 0 heterocycles. The number of carboxylic acids is 1. The molecule has 17 heavy (non-hydrogen) atoms. The van der Waals surface area contributed by atoms with Crippen molar-refractivity contribution >= 4 is 21.9 Å². The van der Waals surface area contributed by atoms with Crippen LogP contribution in [0.15, 0.2) is 53.0 Å². The van der Waals surface area contributed by atoms with Crippen LogP contribution < -0.4 is 26.3 Å². The van der Waals surface area contributed by atoms with Crippen molar-refractivity contribution < 1.29 is 31.1 Å². The van der Waals surface area contributed by atoms with E-state index in [0.29, 0.717) is 5.56 Å². The van der Waals surface area contributed by atoms with E-state index in [1.807, 2.05) is 36.4 Å². The van der Waals surface area contributed by atoms with Gasteiger partial charge < -0.3 is 0 Å². The Morgan fingerprint density at radius 2 is 1.82 bits per heavy atom. The topological polar surface area (TPSA) is 40.1 Å². The molecule has 88 valence electrons. The normalized spacial score (nSPS) is 10.4. The first-order valence-corrected chi connectivity index (χ1v) is 7.82. The summed E-state index contributed by atoms with van der Waals surface area (Å²) in [5.41, 5.74) is 0.296. The molecule has 2 aromatic carbocycles. The summed E-state index contributed by atoms with van der Waals surface area (Å²) in [7, 11) is 0. The maximum atomic E-state index is 11.0. The third-order valence-electron chi connectivity index (χ3n) is 2.10. The monoisotopic (exact) mass is 402 g/mol. The van der Waals surface area contributed by atoms with Crippen LogP contribution in [0.1, 0.15) is 10.4 Å². The Kier molecular flexibility index (Phi) is 4.17. The molecule has 0 bridgehead atoms. The Morgan fingerprint density at radius 1 is 1.12 bits per heavy atom. The van der Waals surface area contributed by atoms with Gasteiger partial charge in [-0.3, -0.25) is 0 Å². The summed E-state index contributed by atoms with van der Waals surface area (Å²) < 4.78 is 2.95. The van der Waals surface area contributed by atoms with Crippen molar-refractivity contribution in [1.82, 2.24) is 0 Å². The number of halogens is 2. The molecule has 2 nitrogen and oxygen atoms in total. The van der Waals surface area contributed by atoms with Gasteiger partial charge in [0.2, 0.25) is 0 Å². The Labute approximate surface area is 118 Å². The standard InChI is InChI=1S/C13H9BrIO2/c14-9-6-7-11(13(16)17)12(8-9)15-10-4-2-1-3-5-10/h1-8H,(H,16,17)/q-1/p-1. The van der Waals surface area contributed by atoms with Crippen LogP contribution >= 0.6 is 15.9 Å². The van der Waals surface area contributed by atoms with Gasteiger partial charge >= 0.3 is 119 Å². The number of hydrogen-bond acceptors (Lipinski definition) is 2. The summed E-state index contributed by atoms with van der Waals surface area (Å²) in [6.07, 6.45) is 0. The number of carboxylic acid groups (broad SMARTS) is 1. The zero-order chi connectivity index (χ0) is 12.3. The van der Waals surface area contributed by atoms with Gasteiger partial charge in [0.15, 0.2) is 0 Å². The van der Waals surface area contributed by atoms with Crippen molar-refractivity contribution in [3.05, 3.63) is 65.7 Å². The molecule has 0 atom stereocenters. The number of carbonyl (C=O) groups excluding carboxylic acids is 1. The Hall–Kier alpha value is -0.880. The van der Waals surface area contributed by atoms with Crippen molar-refractivity contribution in [1.29, 1.82) is 0 Å². The molecule has 0 saturated heterocycles. The van der Waals surface area contributed by atoms with Gasteiger partial charge in [-0.2, -0.15) is 0 Å². The van der Waals surface area contributed by atoms with Crippen molar-refractivity contribution in [2.24, 2.45) is 0 Å². The molecule has 0 N–H and O–H groups in total. The molecule has 0 unspecified atom stereocenters. The SMILES string of the molecule is O=C([O-])c1ccc(Br)cc1[I-]c1ccccc1. The Bertz CT molecular complexity index is 540. The Balaban J connectivity index is 2.37. The van der Waals surface area contributed by atoms with Crippen molar-refractivity contribution in [2.45, 2.75) is 0 Å². The summed E-state index contributed by atoms with van der Waals surface area (Å²) in [5.74, 6) is -1.11. The first-order chi connectivity index (χ1) is 8.16. The third kappa shape index (κ3) is 3.29. The third-order valence-corrected chi connectivity index (χ3v) is 5.40. The van der Waals surface area contributed by atoms with E-state index in [1.165, 1.54) is 3.57 Å². The zero-order valence-electron chi connectivity index (χ0n) is 8.69. The summed E-state index contributed by atoms with van der Waals surface area (Å²) >= 11 is 2.87. The van der Waals surface area contributed by atoms with Crippen LogP contribution in [0.2, 0.25) is 0 Å². The van der Waals surface area contributed by atoms with E-state index >= 15 is 0 Å². The second kappa shape index (κ2) is 5.64. The average molecular weight is 403 g/mol. The van der Waals surface area contributed by atoms with E-state index in [2.05, 4.69) is 15.9 Å². The van der Waals surface area contributed by atoms with Gasteiger partial charge in [0.25, 0.3) is 0 Å². The van der Waals surface area contributed by atoms with Crippen LogP contribution in [0.3, 0.4) is 0 Å². The quantitative estimate of drug-likeness (QED) is 0.614. The first kappa shape index (κ1) is 12.6. The summed E-state index contributed by atoms with van der Waals surface area (Å²) in [4.78, 5) is 11.0. The van der Waals surface area contributed by atoms with Crippen LogP contribution in [0.25, 0.3) is 0 Å². The molecule has 0 spiro atoms. The molecule has 4 heteroatoms. The Morgan fingerprint density at radius 3 is 2.47 bits per heavy atom. The van der Waals surface area contributed by atoms with Gasteiger partial charge in [0, 0.05) is 0 Å². The predicted molar refractivity (Wildman–Crippen MR) is 62.3 cm³/mol. The van der Waals surface area contributed by atoms with E-state index in [0.717, 1.165) is 8.04 Å². The number of aromatic carboxylic acids is 1. The van der Waals surface area contributed by atoms with Gasteiger partial charge in [-0.15, -0.1) is 0 Å². The fraction of sp³-hybridized carbons (Fsp3) is 0. The van der Waals surface area contributed by atoms with Gasteiger partial charge in [0.05, 0.1) is 0 Å². The molecule has 2 aromatic rings. The summed E-state index contributed by atoms with van der Waals surface area (Å²) in [5, 5.41) is 11.0. The van der Waals surface area contributed by atoms with Gasteiger partial charge in [0.1, 0.15) is 0 Å². The van der Waals surface area contributed by atoms with E-state index in [4.69, 9.17) is 0 Å². The van der Waals surface area contributed by atoms with E-state index in [1.54, 1.807) is 12.1 Å². The van der Waals surface area contributed by atoms with E-state index < -0.39 is 27.2 Å². The van der Waals surface area contributed by atoms with Crippen LogP contribution in [0.5, 0.6) is 0 Å². The van der Waals surface area contributed by atoms with Crippen LogP contribution in [0.4, 0.5) is 0 Å². The molecule has 0 aliphatic carbocycles. The fourth-order valence-electron chi connectivity index (χ4n) is 1.33. The molecule has 0 aromatic heterocycles. The molecule has 0 saturated carbocycles. The van der Waals surface area contributed by atoms with E-state index in [9.17, 15) is 9.90 Å². The number of carbonyl (C=O) groups is 1. The van der Waals surface area contributed by atoms with Crippen LogP contribution in [0, 0.1) is 7.14 Å². The van der Waals surface area contributed by atoms with E-state index in [-0.39, 0.29) is 0 Å². The van der Waals surface area contributed by atoms with Crippen molar-refractivity contribution in [2.75, 3.05) is 0 Å². The van der Waals surface area contributed by atoms with Crippen LogP contribution in [-0.4, -0.2) is 5.97 Å². The summed E-state index contributed by atoms with van der Waals surface area (Å²) in [6, 6.07) is 15.1. The zero-order valence-corrected chi connectivity index (χ0v) is 12.4. The second-order valence-electron chi connectivity index (χ2n) is 3.30. The fourth-order valence-corrected chi connectivity index (χ4v) is 4.74. The molecule has 0 aliphatic rings. The van der Waals surface area contributed by atoms with Gasteiger partial charge in [-0.25, -0.2) is 0 Å². The van der Waals surface area contributed by atoms with Crippen molar-refractivity contribution in [3.8, 4) is 0 Å². The second-order valence-corrected chi connectivity index (χ2v) is 7.16.